The molecule has 3 aromatic rings. The van der Waals surface area contributed by atoms with Gasteiger partial charge in [-0.3, -0.25) is 5.10 Å². The molecule has 6 nitrogen and oxygen atoms in total. The first-order valence-electron chi connectivity index (χ1n) is 6.34. The topological polar surface area (TPSA) is 78.5 Å². The Kier molecular flexibility index (Phi) is 3.70. The fourth-order valence-electron chi connectivity index (χ4n) is 1.89. The van der Waals surface area contributed by atoms with Gasteiger partial charge in [0.15, 0.2) is 5.65 Å². The highest BCUT2D eigenvalue weighted by Crippen LogP contribution is 2.29. The number of benzene rings is 1. The predicted octanol–water partition coefficient (Wildman–Crippen LogP) is 3.43. The molecule has 0 aliphatic carbocycles. The summed E-state index contributed by atoms with van der Waals surface area (Å²) in [7, 11) is 0. The largest absolute Gasteiger partial charge is 0.354 e. The summed E-state index contributed by atoms with van der Waals surface area (Å²) in [4.78, 5) is 8.73. The van der Waals surface area contributed by atoms with E-state index in [-0.39, 0.29) is 5.82 Å². The van der Waals surface area contributed by atoms with E-state index in [4.69, 9.17) is 0 Å². The van der Waals surface area contributed by atoms with Gasteiger partial charge in [0.25, 0.3) is 0 Å². The third-order valence-corrected chi connectivity index (χ3v) is 3.48. The normalized spacial score (nSPS) is 10.8. The molecule has 0 spiro atoms. The smallest absolute Gasteiger partial charge is 0.226 e. The lowest BCUT2D eigenvalue weighted by Crippen LogP contribution is -2.05. The van der Waals surface area contributed by atoms with Crippen molar-refractivity contribution >= 4 is 44.4 Å². The highest BCUT2D eigenvalue weighted by atomic mass is 79.9. The van der Waals surface area contributed by atoms with Crippen molar-refractivity contribution in [1.29, 1.82) is 0 Å². The van der Waals surface area contributed by atoms with Gasteiger partial charge in [0, 0.05) is 11.0 Å². The number of hydrogen-bond donors (Lipinski definition) is 3. The van der Waals surface area contributed by atoms with E-state index in [9.17, 15) is 4.39 Å². The summed E-state index contributed by atoms with van der Waals surface area (Å²) in [5, 5.41) is 13.8. The molecule has 0 aliphatic heterocycles. The number of aromatic nitrogens is 4. The Hall–Kier alpha value is -2.22. The van der Waals surface area contributed by atoms with Crippen LogP contribution < -0.4 is 10.6 Å². The van der Waals surface area contributed by atoms with Crippen LogP contribution in [0.15, 0.2) is 28.9 Å². The molecule has 0 saturated carbocycles. The van der Waals surface area contributed by atoms with E-state index in [0.29, 0.717) is 34.1 Å². The highest BCUT2D eigenvalue weighted by Gasteiger charge is 2.11. The number of H-pyrrole nitrogens is 1. The molecule has 2 heterocycles. The number of rotatable bonds is 4. The van der Waals surface area contributed by atoms with Gasteiger partial charge in [-0.2, -0.15) is 15.1 Å². The SMILES string of the molecule is CCNc1nc(Nc2ccc(F)cc2Br)c2cn[nH]c2n1. The average Bonchev–Trinajstić information content (AvgIpc) is 2.91. The molecule has 21 heavy (non-hydrogen) atoms. The van der Waals surface area contributed by atoms with Crippen molar-refractivity contribution in [3.05, 3.63) is 34.7 Å². The molecule has 8 heteroatoms. The molecule has 0 saturated heterocycles. The summed E-state index contributed by atoms with van der Waals surface area (Å²) in [6.45, 7) is 2.67. The van der Waals surface area contributed by atoms with Crippen LogP contribution >= 0.6 is 15.9 Å². The summed E-state index contributed by atoms with van der Waals surface area (Å²) in [5.74, 6) is 0.781. The summed E-state index contributed by atoms with van der Waals surface area (Å²) in [5.41, 5.74) is 1.33. The maximum Gasteiger partial charge on any atom is 0.226 e. The molecule has 0 unspecified atom stereocenters. The lowest BCUT2D eigenvalue weighted by Gasteiger charge is -2.10. The maximum absolute atomic E-state index is 13.1. The van der Waals surface area contributed by atoms with Crippen molar-refractivity contribution in [3.8, 4) is 0 Å². The van der Waals surface area contributed by atoms with Crippen LogP contribution in [0.25, 0.3) is 11.0 Å². The van der Waals surface area contributed by atoms with Crippen LogP contribution in [0, 0.1) is 5.82 Å². The van der Waals surface area contributed by atoms with Gasteiger partial charge in [0.2, 0.25) is 5.95 Å². The summed E-state index contributed by atoms with van der Waals surface area (Å²) >= 11 is 3.32. The summed E-state index contributed by atoms with van der Waals surface area (Å²) in [6.07, 6.45) is 1.64. The fourth-order valence-corrected chi connectivity index (χ4v) is 2.34. The first kappa shape index (κ1) is 13.7. The zero-order chi connectivity index (χ0) is 14.8. The molecule has 0 fully saturated rings. The third kappa shape index (κ3) is 2.80. The van der Waals surface area contributed by atoms with Gasteiger partial charge in [-0.1, -0.05) is 0 Å². The second-order valence-corrected chi connectivity index (χ2v) is 5.16. The average molecular weight is 351 g/mol. The lowest BCUT2D eigenvalue weighted by atomic mass is 10.3. The minimum atomic E-state index is -0.308. The lowest BCUT2D eigenvalue weighted by molar-refractivity contribution is 0.627. The Morgan fingerprint density at radius 2 is 2.19 bits per heavy atom. The van der Waals surface area contributed by atoms with Crippen molar-refractivity contribution in [2.24, 2.45) is 0 Å². The molecule has 108 valence electrons. The molecule has 1 aromatic carbocycles. The Labute approximate surface area is 128 Å². The second kappa shape index (κ2) is 5.65. The van der Waals surface area contributed by atoms with Crippen molar-refractivity contribution in [2.45, 2.75) is 6.92 Å². The van der Waals surface area contributed by atoms with Crippen molar-refractivity contribution in [2.75, 3.05) is 17.2 Å². The van der Waals surface area contributed by atoms with E-state index in [1.807, 2.05) is 6.92 Å². The monoisotopic (exact) mass is 350 g/mol. The third-order valence-electron chi connectivity index (χ3n) is 2.83. The van der Waals surface area contributed by atoms with E-state index in [0.717, 1.165) is 5.39 Å². The van der Waals surface area contributed by atoms with Crippen LogP contribution in [0.3, 0.4) is 0 Å². The highest BCUT2D eigenvalue weighted by molar-refractivity contribution is 9.10. The number of nitrogens with one attached hydrogen (secondary N) is 3. The summed E-state index contributed by atoms with van der Waals surface area (Å²) < 4.78 is 13.8. The predicted molar refractivity (Wildman–Crippen MR) is 83.2 cm³/mol. The molecule has 3 N–H and O–H groups in total. The van der Waals surface area contributed by atoms with Crippen LogP contribution in [0.4, 0.5) is 21.8 Å². The molecular formula is C13H12BrFN6. The van der Waals surface area contributed by atoms with Gasteiger partial charge < -0.3 is 10.6 Å². The number of hydrogen-bond acceptors (Lipinski definition) is 5. The first-order valence-corrected chi connectivity index (χ1v) is 7.13. The van der Waals surface area contributed by atoms with Gasteiger partial charge in [-0.05, 0) is 41.1 Å². The van der Waals surface area contributed by atoms with Crippen LogP contribution in [-0.2, 0) is 0 Å². The molecule has 0 aliphatic rings. The Balaban J connectivity index is 2.04. The van der Waals surface area contributed by atoms with Crippen LogP contribution in [0.2, 0.25) is 0 Å². The number of nitrogens with zero attached hydrogens (tertiary/aromatic N) is 3. The molecular weight excluding hydrogens is 339 g/mol. The second-order valence-electron chi connectivity index (χ2n) is 4.31. The molecule has 2 aromatic heterocycles. The zero-order valence-electron chi connectivity index (χ0n) is 11.1. The Bertz CT molecular complexity index is 787. The maximum atomic E-state index is 13.1. The van der Waals surface area contributed by atoms with E-state index in [1.165, 1.54) is 12.1 Å². The number of halogens is 2. The number of fused-ring (bicyclic) bond motifs is 1. The van der Waals surface area contributed by atoms with Crippen molar-refractivity contribution in [1.82, 2.24) is 20.2 Å². The van der Waals surface area contributed by atoms with E-state index in [2.05, 4.69) is 46.7 Å². The van der Waals surface area contributed by atoms with E-state index in [1.54, 1.807) is 12.3 Å². The molecule has 0 bridgehead atoms. The quantitative estimate of drug-likeness (QED) is 0.671. The Morgan fingerprint density at radius 1 is 1.33 bits per heavy atom. The van der Waals surface area contributed by atoms with E-state index >= 15 is 0 Å². The molecule has 0 radical (unpaired) electrons. The summed E-state index contributed by atoms with van der Waals surface area (Å²) in [6, 6.07) is 4.41. The van der Waals surface area contributed by atoms with Gasteiger partial charge in [0.05, 0.1) is 17.3 Å². The van der Waals surface area contributed by atoms with Crippen molar-refractivity contribution < 1.29 is 4.39 Å². The van der Waals surface area contributed by atoms with Gasteiger partial charge in [-0.15, -0.1) is 0 Å². The minimum absolute atomic E-state index is 0.308. The fraction of sp³-hybridized carbons (Fsp3) is 0.154. The van der Waals surface area contributed by atoms with Gasteiger partial charge in [-0.25, -0.2) is 4.39 Å². The number of aromatic amines is 1. The molecule has 3 rings (SSSR count). The van der Waals surface area contributed by atoms with Crippen LogP contribution in [-0.4, -0.2) is 26.7 Å². The molecule has 0 amide bonds. The minimum Gasteiger partial charge on any atom is -0.354 e. The molecule has 0 atom stereocenters. The van der Waals surface area contributed by atoms with Gasteiger partial charge in [0.1, 0.15) is 11.6 Å². The van der Waals surface area contributed by atoms with E-state index < -0.39 is 0 Å². The number of anilines is 3. The van der Waals surface area contributed by atoms with Crippen LogP contribution in [0.1, 0.15) is 6.92 Å². The zero-order valence-corrected chi connectivity index (χ0v) is 12.7. The Morgan fingerprint density at radius 3 is 2.95 bits per heavy atom. The van der Waals surface area contributed by atoms with Crippen LogP contribution in [0.5, 0.6) is 0 Å². The first-order chi connectivity index (χ1) is 10.2. The van der Waals surface area contributed by atoms with Gasteiger partial charge >= 0.3 is 0 Å². The van der Waals surface area contributed by atoms with Crippen molar-refractivity contribution in [3.63, 3.8) is 0 Å². The standard InChI is InChI=1S/C13H12BrFN6/c1-2-16-13-19-11(8-6-17-21-12(8)20-13)18-10-4-3-7(15)5-9(10)14/h3-6H,2H2,1H3,(H3,16,17,18,19,20,21).